The van der Waals surface area contributed by atoms with Crippen LogP contribution in [0.25, 0.3) is 0 Å². The van der Waals surface area contributed by atoms with Crippen LogP contribution in [0, 0.1) is 0 Å². The maximum absolute atomic E-state index is 5.92. The fourth-order valence-corrected chi connectivity index (χ4v) is 2.32. The molecule has 1 heterocycles. The Balaban J connectivity index is 2.02. The molecule has 3 nitrogen and oxygen atoms in total. The van der Waals surface area contributed by atoms with E-state index < -0.39 is 0 Å². The lowest BCUT2D eigenvalue weighted by atomic mass is 10.1. The summed E-state index contributed by atoms with van der Waals surface area (Å²) < 4.78 is 0. The van der Waals surface area contributed by atoms with Crippen LogP contribution in [0.1, 0.15) is 58.8 Å². The summed E-state index contributed by atoms with van der Waals surface area (Å²) in [6, 6.07) is 0. The van der Waals surface area contributed by atoms with Crippen LogP contribution in [-0.2, 0) is 0 Å². The van der Waals surface area contributed by atoms with Gasteiger partial charge in [0.2, 0.25) is 0 Å². The Morgan fingerprint density at radius 2 is 2.11 bits per heavy atom. The van der Waals surface area contributed by atoms with Crippen LogP contribution >= 0.6 is 0 Å². The van der Waals surface area contributed by atoms with Crippen molar-refractivity contribution < 1.29 is 0 Å². The lowest BCUT2D eigenvalue weighted by molar-refractivity contribution is 0.182. The summed E-state index contributed by atoms with van der Waals surface area (Å²) in [5, 5.41) is 0. The van der Waals surface area contributed by atoms with Gasteiger partial charge in [0, 0.05) is 12.8 Å². The van der Waals surface area contributed by atoms with E-state index in [9.17, 15) is 0 Å². The first-order valence-corrected chi connectivity index (χ1v) is 7.43. The van der Waals surface area contributed by atoms with Crippen LogP contribution < -0.4 is 5.73 Å². The second kappa shape index (κ2) is 9.29. The number of nitrogens with two attached hydrogens (primary N) is 1. The fourth-order valence-electron chi connectivity index (χ4n) is 2.32. The van der Waals surface area contributed by atoms with Crippen molar-refractivity contribution in [3.63, 3.8) is 0 Å². The molecule has 2 unspecified atom stereocenters. The van der Waals surface area contributed by atoms with Crippen LogP contribution in [0.3, 0.4) is 0 Å². The predicted molar refractivity (Wildman–Crippen MR) is 79.8 cm³/mol. The van der Waals surface area contributed by atoms with Gasteiger partial charge in [0.25, 0.3) is 0 Å². The molecule has 0 saturated heterocycles. The van der Waals surface area contributed by atoms with Crippen molar-refractivity contribution >= 4 is 6.21 Å². The predicted octanol–water partition coefficient (Wildman–Crippen LogP) is 3.31. The summed E-state index contributed by atoms with van der Waals surface area (Å²) in [7, 11) is 0. The fraction of sp³-hybridized carbons (Fsp3) is 0.800. The molecule has 1 rings (SSSR count). The molecule has 3 heteroatoms. The van der Waals surface area contributed by atoms with Crippen molar-refractivity contribution in [1.82, 2.24) is 4.90 Å². The monoisotopic (exact) mass is 251 g/mol. The molecule has 0 radical (unpaired) electrons. The Labute approximate surface area is 112 Å². The van der Waals surface area contributed by atoms with E-state index >= 15 is 0 Å². The lowest BCUT2D eigenvalue weighted by Crippen LogP contribution is -2.43. The Morgan fingerprint density at radius 3 is 2.83 bits per heavy atom. The molecular weight excluding hydrogens is 222 g/mol. The molecule has 104 valence electrons. The van der Waals surface area contributed by atoms with Crippen LogP contribution in [-0.4, -0.2) is 30.0 Å². The zero-order valence-electron chi connectivity index (χ0n) is 12.0. The summed E-state index contributed by atoms with van der Waals surface area (Å²) in [5.41, 5.74) is 5.92. The van der Waals surface area contributed by atoms with Gasteiger partial charge in [-0.05, 0) is 39.0 Å². The van der Waals surface area contributed by atoms with E-state index in [-0.39, 0.29) is 6.17 Å². The molecule has 0 aliphatic carbocycles. The molecule has 0 fully saturated rings. The average molecular weight is 251 g/mol. The minimum atomic E-state index is 0.120. The first-order valence-electron chi connectivity index (χ1n) is 7.43. The number of hydrogen-bond acceptors (Lipinski definition) is 3. The smallest absolute Gasteiger partial charge is 0.103 e. The molecule has 0 aromatic carbocycles. The maximum atomic E-state index is 5.92. The van der Waals surface area contributed by atoms with Crippen molar-refractivity contribution in [2.24, 2.45) is 10.7 Å². The maximum Gasteiger partial charge on any atom is 0.103 e. The molecule has 1 aliphatic rings. The van der Waals surface area contributed by atoms with Crippen LogP contribution in [0.5, 0.6) is 0 Å². The SMILES string of the molecule is CCC/C=C/CCCCCC1N=CCN1C(C)N. The van der Waals surface area contributed by atoms with Crippen molar-refractivity contribution in [2.75, 3.05) is 6.54 Å². The van der Waals surface area contributed by atoms with E-state index in [1.54, 1.807) is 0 Å². The largest absolute Gasteiger partial charge is 0.316 e. The number of hydrogen-bond donors (Lipinski definition) is 1. The highest BCUT2D eigenvalue weighted by Crippen LogP contribution is 2.16. The zero-order valence-corrected chi connectivity index (χ0v) is 12.0. The highest BCUT2D eigenvalue weighted by atomic mass is 15.3. The van der Waals surface area contributed by atoms with Gasteiger partial charge in [-0.1, -0.05) is 31.9 Å². The summed E-state index contributed by atoms with van der Waals surface area (Å²) in [6.07, 6.45) is 15.8. The van der Waals surface area contributed by atoms with Crippen LogP contribution in [0.2, 0.25) is 0 Å². The Bertz CT molecular complexity index is 258. The summed E-state index contributed by atoms with van der Waals surface area (Å²) in [6.45, 7) is 5.18. The van der Waals surface area contributed by atoms with E-state index in [1.165, 1.54) is 38.5 Å². The molecule has 0 aromatic rings. The zero-order chi connectivity index (χ0) is 13.2. The number of allylic oxidation sites excluding steroid dienone is 2. The van der Waals surface area contributed by atoms with Gasteiger partial charge in [-0.15, -0.1) is 0 Å². The second-order valence-electron chi connectivity index (χ2n) is 5.15. The van der Waals surface area contributed by atoms with E-state index in [1.807, 2.05) is 13.1 Å². The average Bonchev–Trinajstić information content (AvgIpc) is 2.81. The van der Waals surface area contributed by atoms with E-state index in [0.29, 0.717) is 6.17 Å². The van der Waals surface area contributed by atoms with Gasteiger partial charge >= 0.3 is 0 Å². The van der Waals surface area contributed by atoms with Gasteiger partial charge in [-0.25, -0.2) is 0 Å². The third kappa shape index (κ3) is 5.78. The Kier molecular flexibility index (Phi) is 7.94. The molecule has 1 aliphatic heterocycles. The first kappa shape index (κ1) is 15.4. The van der Waals surface area contributed by atoms with Crippen molar-refractivity contribution in [3.8, 4) is 0 Å². The molecule has 18 heavy (non-hydrogen) atoms. The quantitative estimate of drug-likeness (QED) is 0.504. The molecule has 0 amide bonds. The standard InChI is InChI=1S/C15H29N3/c1-3-4-5-6-7-8-9-10-11-15-17-12-13-18(15)14(2)16/h5-6,12,14-15H,3-4,7-11,13,16H2,1-2H3/b6-5+. The number of nitrogens with zero attached hydrogens (tertiary/aromatic N) is 2. The van der Waals surface area contributed by atoms with E-state index in [2.05, 4.69) is 29.0 Å². The third-order valence-corrected chi connectivity index (χ3v) is 3.43. The van der Waals surface area contributed by atoms with Crippen molar-refractivity contribution in [1.29, 1.82) is 0 Å². The van der Waals surface area contributed by atoms with Gasteiger partial charge in [0.15, 0.2) is 0 Å². The number of aliphatic imine (C=N–C) groups is 1. The molecule has 2 atom stereocenters. The van der Waals surface area contributed by atoms with Crippen molar-refractivity contribution in [2.45, 2.75) is 71.1 Å². The van der Waals surface area contributed by atoms with E-state index in [4.69, 9.17) is 5.73 Å². The van der Waals surface area contributed by atoms with Crippen LogP contribution in [0.4, 0.5) is 0 Å². The van der Waals surface area contributed by atoms with Gasteiger partial charge in [-0.2, -0.15) is 0 Å². The summed E-state index contributed by atoms with van der Waals surface area (Å²) >= 11 is 0. The van der Waals surface area contributed by atoms with Gasteiger partial charge in [0.05, 0.1) is 6.17 Å². The Morgan fingerprint density at radius 1 is 1.33 bits per heavy atom. The summed E-state index contributed by atoms with van der Waals surface area (Å²) in [4.78, 5) is 6.77. The molecule has 2 N–H and O–H groups in total. The minimum absolute atomic E-state index is 0.120. The first-order chi connectivity index (χ1) is 8.75. The number of unbranched alkanes of at least 4 members (excludes halogenated alkanes) is 4. The molecule has 0 saturated carbocycles. The van der Waals surface area contributed by atoms with Gasteiger partial charge < -0.3 is 5.73 Å². The van der Waals surface area contributed by atoms with Gasteiger partial charge in [-0.3, -0.25) is 9.89 Å². The second-order valence-corrected chi connectivity index (χ2v) is 5.15. The molecular formula is C15H29N3. The van der Waals surface area contributed by atoms with Crippen molar-refractivity contribution in [3.05, 3.63) is 12.2 Å². The number of rotatable bonds is 9. The molecule has 0 bridgehead atoms. The minimum Gasteiger partial charge on any atom is -0.316 e. The normalized spacial score (nSPS) is 22.1. The topological polar surface area (TPSA) is 41.6 Å². The molecule has 0 spiro atoms. The van der Waals surface area contributed by atoms with Gasteiger partial charge in [0.1, 0.15) is 6.17 Å². The van der Waals surface area contributed by atoms with Crippen LogP contribution in [0.15, 0.2) is 17.1 Å². The highest BCUT2D eigenvalue weighted by molar-refractivity contribution is 5.62. The Hall–Kier alpha value is -0.670. The molecule has 0 aromatic heterocycles. The van der Waals surface area contributed by atoms with E-state index in [0.717, 1.165) is 13.0 Å². The lowest BCUT2D eigenvalue weighted by Gasteiger charge is -2.26. The summed E-state index contributed by atoms with van der Waals surface area (Å²) in [5.74, 6) is 0. The third-order valence-electron chi connectivity index (χ3n) is 3.43. The highest BCUT2D eigenvalue weighted by Gasteiger charge is 2.22.